The number of unbranched alkanes of at least 4 members (excludes halogenated alkanes) is 1. The molecule has 0 radical (unpaired) electrons. The van der Waals surface area contributed by atoms with E-state index in [1.165, 1.54) is 11.5 Å². The fourth-order valence-corrected chi connectivity index (χ4v) is 4.04. The minimum Gasteiger partial charge on any atom is -0.207 e. The molecule has 0 saturated carbocycles. The number of nitrogens with zero attached hydrogens (tertiary/aromatic N) is 2. The molecule has 0 amide bonds. The number of sulfonamides is 1. The van der Waals surface area contributed by atoms with Crippen LogP contribution in [0.15, 0.2) is 58.8 Å². The van der Waals surface area contributed by atoms with Gasteiger partial charge in [0.1, 0.15) is 5.69 Å². The van der Waals surface area contributed by atoms with E-state index in [4.69, 9.17) is 0 Å². The number of aryl methyl sites for hydroxylation is 1. The van der Waals surface area contributed by atoms with Gasteiger partial charge in [0.25, 0.3) is 0 Å². The number of rotatable bonds is 8. The molecule has 1 aromatic heterocycles. The van der Waals surface area contributed by atoms with E-state index in [0.717, 1.165) is 41.6 Å². The monoisotopic (exact) mass is 387 g/mol. The van der Waals surface area contributed by atoms with Gasteiger partial charge in [-0.15, -0.1) is 5.10 Å². The van der Waals surface area contributed by atoms with Gasteiger partial charge in [0.15, 0.2) is 0 Å². The summed E-state index contributed by atoms with van der Waals surface area (Å²) in [5.74, 6) is 0. The van der Waals surface area contributed by atoms with Crippen LogP contribution in [-0.2, 0) is 23.0 Å². The normalized spacial score (nSPS) is 11.6. The number of nitrogens with one attached hydrogen (secondary N) is 1. The van der Waals surface area contributed by atoms with Gasteiger partial charge in [0.05, 0.1) is 4.90 Å². The average Bonchev–Trinajstić information content (AvgIpc) is 3.20. The average molecular weight is 388 g/mol. The Morgan fingerprint density at radius 2 is 1.69 bits per heavy atom. The first-order valence-corrected chi connectivity index (χ1v) is 10.9. The first-order valence-electron chi connectivity index (χ1n) is 8.53. The number of hydrogen-bond acceptors (Lipinski definition) is 5. The minimum atomic E-state index is -3.52. The summed E-state index contributed by atoms with van der Waals surface area (Å²) in [6.45, 7) is 2.39. The van der Waals surface area contributed by atoms with Gasteiger partial charge in [-0.3, -0.25) is 0 Å². The van der Waals surface area contributed by atoms with Crippen molar-refractivity contribution in [3.63, 3.8) is 0 Å². The quantitative estimate of drug-likeness (QED) is 0.633. The highest BCUT2D eigenvalue weighted by atomic mass is 32.2. The third-order valence-electron chi connectivity index (χ3n) is 4.13. The summed E-state index contributed by atoms with van der Waals surface area (Å²) in [4.78, 5) is 0.294. The van der Waals surface area contributed by atoms with Crippen LogP contribution in [0.4, 0.5) is 0 Å². The van der Waals surface area contributed by atoms with Gasteiger partial charge in [-0.25, -0.2) is 13.1 Å². The minimum absolute atomic E-state index is 0.246. The van der Waals surface area contributed by atoms with Crippen LogP contribution in [0.2, 0.25) is 0 Å². The van der Waals surface area contributed by atoms with Crippen molar-refractivity contribution in [2.75, 3.05) is 0 Å². The molecule has 0 spiro atoms. The third kappa shape index (κ3) is 4.75. The molecule has 136 valence electrons. The van der Waals surface area contributed by atoms with Crippen LogP contribution in [0.5, 0.6) is 0 Å². The molecule has 7 heteroatoms. The van der Waals surface area contributed by atoms with Gasteiger partial charge < -0.3 is 0 Å². The van der Waals surface area contributed by atoms with Crippen LogP contribution >= 0.6 is 11.5 Å². The van der Waals surface area contributed by atoms with Crippen molar-refractivity contribution in [3.8, 4) is 11.3 Å². The molecular formula is C19H21N3O2S2. The Labute approximate surface area is 158 Å². The van der Waals surface area contributed by atoms with Gasteiger partial charge in [-0.1, -0.05) is 54.2 Å². The van der Waals surface area contributed by atoms with Crippen molar-refractivity contribution in [2.24, 2.45) is 0 Å². The van der Waals surface area contributed by atoms with Crippen LogP contribution in [0, 0.1) is 0 Å². The molecule has 0 unspecified atom stereocenters. The van der Waals surface area contributed by atoms with E-state index in [2.05, 4.69) is 21.2 Å². The lowest BCUT2D eigenvalue weighted by Gasteiger charge is -2.08. The number of benzene rings is 2. The maximum Gasteiger partial charge on any atom is 0.240 e. The topological polar surface area (TPSA) is 72.0 Å². The third-order valence-corrected chi connectivity index (χ3v) is 6.05. The molecule has 3 rings (SSSR count). The summed E-state index contributed by atoms with van der Waals surface area (Å²) in [7, 11) is -3.52. The van der Waals surface area contributed by atoms with Crippen molar-refractivity contribution in [1.29, 1.82) is 0 Å². The molecule has 0 fully saturated rings. The summed E-state index contributed by atoms with van der Waals surface area (Å²) in [5, 5.41) is 5.90. The van der Waals surface area contributed by atoms with E-state index in [1.807, 2.05) is 41.8 Å². The number of hydrogen-bond donors (Lipinski definition) is 1. The lowest BCUT2D eigenvalue weighted by molar-refractivity contribution is 0.581. The molecule has 0 aliphatic rings. The van der Waals surface area contributed by atoms with Gasteiger partial charge in [0.2, 0.25) is 10.0 Å². The number of aromatic nitrogens is 2. The molecule has 0 aliphatic heterocycles. The standard InChI is InChI=1S/C19H21N3O2S2/c1-2-3-4-15-7-11-18(12-8-15)26(23,24)20-13-16-5-9-17(10-6-16)19-14-25-22-21-19/h5-12,14,20H,2-4,13H2,1H3. The molecule has 0 aliphatic carbocycles. The Kier molecular flexibility index (Phi) is 6.13. The second kappa shape index (κ2) is 8.53. The Hall–Kier alpha value is -2.09. The van der Waals surface area contributed by atoms with Crippen molar-refractivity contribution in [2.45, 2.75) is 37.6 Å². The van der Waals surface area contributed by atoms with E-state index >= 15 is 0 Å². The second-order valence-electron chi connectivity index (χ2n) is 6.06. The predicted molar refractivity (Wildman–Crippen MR) is 104 cm³/mol. The van der Waals surface area contributed by atoms with Gasteiger partial charge in [0, 0.05) is 17.5 Å². The second-order valence-corrected chi connectivity index (χ2v) is 8.44. The molecule has 0 atom stereocenters. The van der Waals surface area contributed by atoms with Crippen LogP contribution < -0.4 is 4.72 Å². The SMILES string of the molecule is CCCCc1ccc(S(=O)(=O)NCc2ccc(-c3csnn3)cc2)cc1. The Bertz CT molecular complexity index is 920. The fourth-order valence-electron chi connectivity index (χ4n) is 2.56. The highest BCUT2D eigenvalue weighted by Crippen LogP contribution is 2.18. The van der Waals surface area contributed by atoms with Crippen molar-refractivity contribution in [1.82, 2.24) is 14.3 Å². The van der Waals surface area contributed by atoms with E-state index in [0.29, 0.717) is 4.90 Å². The van der Waals surface area contributed by atoms with Crippen molar-refractivity contribution in [3.05, 3.63) is 65.0 Å². The summed E-state index contributed by atoms with van der Waals surface area (Å²) < 4.78 is 31.4. The zero-order valence-corrected chi connectivity index (χ0v) is 16.2. The zero-order chi connectivity index (χ0) is 18.4. The molecule has 0 saturated heterocycles. The van der Waals surface area contributed by atoms with Gasteiger partial charge >= 0.3 is 0 Å². The van der Waals surface area contributed by atoms with Crippen LogP contribution in [0.25, 0.3) is 11.3 Å². The zero-order valence-electron chi connectivity index (χ0n) is 14.6. The van der Waals surface area contributed by atoms with Crippen molar-refractivity contribution < 1.29 is 8.42 Å². The summed E-state index contributed by atoms with van der Waals surface area (Å²) in [6, 6.07) is 14.8. The molecular weight excluding hydrogens is 366 g/mol. The molecule has 5 nitrogen and oxygen atoms in total. The molecule has 26 heavy (non-hydrogen) atoms. The van der Waals surface area contributed by atoms with E-state index < -0.39 is 10.0 Å². The van der Waals surface area contributed by atoms with E-state index in [-0.39, 0.29) is 6.54 Å². The first kappa shape index (κ1) is 18.7. The van der Waals surface area contributed by atoms with Gasteiger partial charge in [-0.2, -0.15) is 0 Å². The van der Waals surface area contributed by atoms with E-state index in [9.17, 15) is 8.42 Å². The Morgan fingerprint density at radius 1 is 1.00 bits per heavy atom. The maximum absolute atomic E-state index is 12.5. The Balaban J connectivity index is 1.62. The van der Waals surface area contributed by atoms with Crippen LogP contribution in [-0.4, -0.2) is 18.0 Å². The lowest BCUT2D eigenvalue weighted by atomic mass is 10.1. The molecule has 0 bridgehead atoms. The highest BCUT2D eigenvalue weighted by molar-refractivity contribution is 7.89. The maximum atomic E-state index is 12.5. The first-order chi connectivity index (χ1) is 12.6. The smallest absolute Gasteiger partial charge is 0.207 e. The molecule has 3 aromatic rings. The predicted octanol–water partition coefficient (Wildman–Crippen LogP) is 4.03. The fraction of sp³-hybridized carbons (Fsp3) is 0.263. The molecule has 2 aromatic carbocycles. The van der Waals surface area contributed by atoms with Gasteiger partial charge in [-0.05, 0) is 47.6 Å². The van der Waals surface area contributed by atoms with Crippen molar-refractivity contribution >= 4 is 21.6 Å². The largest absolute Gasteiger partial charge is 0.240 e. The Morgan fingerprint density at radius 3 is 2.31 bits per heavy atom. The molecule has 1 heterocycles. The van der Waals surface area contributed by atoms with Crippen LogP contribution in [0.3, 0.4) is 0 Å². The van der Waals surface area contributed by atoms with Crippen LogP contribution in [0.1, 0.15) is 30.9 Å². The molecule has 1 N–H and O–H groups in total. The summed E-state index contributed by atoms with van der Waals surface area (Å²) in [5.41, 5.74) is 3.84. The lowest BCUT2D eigenvalue weighted by Crippen LogP contribution is -2.23. The highest BCUT2D eigenvalue weighted by Gasteiger charge is 2.13. The van der Waals surface area contributed by atoms with E-state index in [1.54, 1.807) is 12.1 Å². The summed E-state index contributed by atoms with van der Waals surface area (Å²) >= 11 is 1.30. The summed E-state index contributed by atoms with van der Waals surface area (Å²) in [6.07, 6.45) is 3.21.